The van der Waals surface area contributed by atoms with E-state index in [1.807, 2.05) is 0 Å². The molecule has 0 aromatic heterocycles. The molecule has 0 spiro atoms. The first kappa shape index (κ1) is 12.6. The van der Waals surface area contributed by atoms with Gasteiger partial charge in [-0.25, -0.2) is 4.79 Å². The molecule has 2 saturated heterocycles. The second-order valence-electron chi connectivity index (χ2n) is 4.87. The fourth-order valence-corrected chi connectivity index (χ4v) is 2.38. The van der Waals surface area contributed by atoms with Gasteiger partial charge < -0.3 is 20.7 Å². The van der Waals surface area contributed by atoms with Crippen LogP contribution in [0.25, 0.3) is 0 Å². The zero-order chi connectivity index (χ0) is 11.9. The van der Waals surface area contributed by atoms with Crippen LogP contribution in [0.15, 0.2) is 0 Å². The van der Waals surface area contributed by atoms with Crippen LogP contribution in [-0.2, 0) is 4.74 Å². The van der Waals surface area contributed by atoms with Crippen molar-refractivity contribution in [3.63, 3.8) is 0 Å². The van der Waals surface area contributed by atoms with Gasteiger partial charge in [0.2, 0.25) is 0 Å². The van der Waals surface area contributed by atoms with E-state index in [0.717, 1.165) is 45.4 Å². The van der Waals surface area contributed by atoms with Gasteiger partial charge in [0.05, 0.1) is 6.10 Å². The Morgan fingerprint density at radius 2 is 2.06 bits per heavy atom. The van der Waals surface area contributed by atoms with Gasteiger partial charge in [-0.05, 0) is 45.2 Å². The molecule has 2 amide bonds. The highest BCUT2D eigenvalue weighted by Crippen LogP contribution is 2.11. The van der Waals surface area contributed by atoms with E-state index in [1.165, 1.54) is 6.42 Å². The molecule has 2 aliphatic heterocycles. The lowest BCUT2D eigenvalue weighted by Gasteiger charge is -2.25. The first-order valence-corrected chi connectivity index (χ1v) is 6.71. The summed E-state index contributed by atoms with van der Waals surface area (Å²) in [5, 5.41) is 9.20. The average Bonchev–Trinajstić information content (AvgIpc) is 2.39. The molecule has 1 atom stereocenters. The number of rotatable bonds is 3. The summed E-state index contributed by atoms with van der Waals surface area (Å²) in [5.74, 6) is 0. The number of nitrogens with one attached hydrogen (secondary N) is 3. The van der Waals surface area contributed by atoms with Crippen molar-refractivity contribution in [2.45, 2.75) is 44.2 Å². The number of carbonyl (C=O) groups excluding carboxylic acids is 1. The predicted octanol–water partition coefficient (Wildman–Crippen LogP) is 0.607. The number of piperidine rings is 1. The van der Waals surface area contributed by atoms with E-state index >= 15 is 0 Å². The fourth-order valence-electron chi connectivity index (χ4n) is 2.38. The van der Waals surface area contributed by atoms with Crippen LogP contribution >= 0.6 is 0 Å². The molecule has 0 aromatic rings. The first-order chi connectivity index (χ1) is 8.34. The highest BCUT2D eigenvalue weighted by Gasteiger charge is 2.17. The van der Waals surface area contributed by atoms with E-state index in [1.54, 1.807) is 0 Å². The van der Waals surface area contributed by atoms with Gasteiger partial charge in [-0.15, -0.1) is 0 Å². The van der Waals surface area contributed by atoms with Crippen LogP contribution in [0.1, 0.15) is 32.1 Å². The minimum Gasteiger partial charge on any atom is -0.376 e. The Bertz CT molecular complexity index is 236. The van der Waals surface area contributed by atoms with E-state index in [-0.39, 0.29) is 12.1 Å². The van der Waals surface area contributed by atoms with Gasteiger partial charge in [0.25, 0.3) is 0 Å². The van der Waals surface area contributed by atoms with Crippen LogP contribution in [-0.4, -0.2) is 44.4 Å². The average molecular weight is 241 g/mol. The Balaban J connectivity index is 1.59. The van der Waals surface area contributed by atoms with E-state index in [4.69, 9.17) is 4.74 Å². The third-order valence-corrected chi connectivity index (χ3v) is 3.44. The van der Waals surface area contributed by atoms with Crippen LogP contribution in [0.5, 0.6) is 0 Å². The van der Waals surface area contributed by atoms with Crippen molar-refractivity contribution >= 4 is 6.03 Å². The molecule has 0 saturated carbocycles. The maximum absolute atomic E-state index is 11.7. The third kappa shape index (κ3) is 4.52. The standard InChI is InChI=1S/C12H23N3O2/c16-12(15-10-4-6-13-7-5-10)14-9-11-3-1-2-8-17-11/h10-11,13H,1-9H2,(H2,14,15,16). The molecule has 5 heteroatoms. The summed E-state index contributed by atoms with van der Waals surface area (Å²) >= 11 is 0. The molecular formula is C12H23N3O2. The number of hydrogen-bond acceptors (Lipinski definition) is 3. The second-order valence-corrected chi connectivity index (χ2v) is 4.87. The lowest BCUT2D eigenvalue weighted by atomic mass is 10.1. The first-order valence-electron chi connectivity index (χ1n) is 6.71. The third-order valence-electron chi connectivity index (χ3n) is 3.44. The van der Waals surface area contributed by atoms with E-state index in [0.29, 0.717) is 12.6 Å². The summed E-state index contributed by atoms with van der Waals surface area (Å²) in [6.07, 6.45) is 5.68. The van der Waals surface area contributed by atoms with Crippen LogP contribution in [0.2, 0.25) is 0 Å². The van der Waals surface area contributed by atoms with Crippen LogP contribution in [0.4, 0.5) is 4.79 Å². The van der Waals surface area contributed by atoms with Crippen LogP contribution in [0, 0.1) is 0 Å². The molecule has 2 aliphatic rings. The number of hydrogen-bond donors (Lipinski definition) is 3. The van der Waals surface area contributed by atoms with E-state index < -0.39 is 0 Å². The summed E-state index contributed by atoms with van der Waals surface area (Å²) in [6, 6.07) is 0.273. The van der Waals surface area contributed by atoms with Gasteiger partial charge in [0, 0.05) is 19.2 Å². The zero-order valence-electron chi connectivity index (χ0n) is 10.3. The van der Waals surface area contributed by atoms with Crippen molar-refractivity contribution in [3.05, 3.63) is 0 Å². The minimum absolute atomic E-state index is 0.0499. The Morgan fingerprint density at radius 1 is 1.24 bits per heavy atom. The van der Waals surface area contributed by atoms with Crippen molar-refractivity contribution in [1.29, 1.82) is 0 Å². The predicted molar refractivity (Wildman–Crippen MR) is 66.0 cm³/mol. The number of ether oxygens (including phenoxy) is 1. The normalized spacial score (nSPS) is 26.5. The molecule has 0 aliphatic carbocycles. The smallest absolute Gasteiger partial charge is 0.315 e. The number of carbonyl (C=O) groups is 1. The van der Waals surface area contributed by atoms with Gasteiger partial charge in [0.1, 0.15) is 0 Å². The largest absolute Gasteiger partial charge is 0.376 e. The monoisotopic (exact) mass is 241 g/mol. The lowest BCUT2D eigenvalue weighted by Crippen LogP contribution is -2.48. The van der Waals surface area contributed by atoms with E-state index in [2.05, 4.69) is 16.0 Å². The molecule has 2 fully saturated rings. The summed E-state index contributed by atoms with van der Waals surface area (Å²) in [6.45, 7) is 3.46. The molecule has 0 aromatic carbocycles. The topological polar surface area (TPSA) is 62.4 Å². The van der Waals surface area contributed by atoms with Crippen molar-refractivity contribution in [1.82, 2.24) is 16.0 Å². The molecule has 0 bridgehead atoms. The molecule has 2 heterocycles. The van der Waals surface area contributed by atoms with Crippen molar-refractivity contribution < 1.29 is 9.53 Å². The minimum atomic E-state index is -0.0499. The van der Waals surface area contributed by atoms with Crippen molar-refractivity contribution in [3.8, 4) is 0 Å². The SMILES string of the molecule is O=C(NCC1CCCCO1)NC1CCNCC1. The fraction of sp³-hybridized carbons (Fsp3) is 0.917. The molecule has 98 valence electrons. The zero-order valence-corrected chi connectivity index (χ0v) is 10.3. The summed E-state index contributed by atoms with van der Waals surface area (Å²) < 4.78 is 5.57. The molecule has 1 unspecified atom stereocenters. The van der Waals surface area contributed by atoms with Gasteiger partial charge in [0.15, 0.2) is 0 Å². The highest BCUT2D eigenvalue weighted by atomic mass is 16.5. The number of urea groups is 1. The summed E-state index contributed by atoms with van der Waals surface area (Å²) in [7, 11) is 0. The maximum atomic E-state index is 11.7. The van der Waals surface area contributed by atoms with Crippen LogP contribution in [0.3, 0.4) is 0 Å². The van der Waals surface area contributed by atoms with Gasteiger partial charge in [-0.2, -0.15) is 0 Å². The highest BCUT2D eigenvalue weighted by molar-refractivity contribution is 5.74. The van der Waals surface area contributed by atoms with Crippen molar-refractivity contribution in [2.75, 3.05) is 26.2 Å². The summed E-state index contributed by atoms with van der Waals surface area (Å²) in [5.41, 5.74) is 0. The second kappa shape index (κ2) is 6.81. The Hall–Kier alpha value is -0.810. The van der Waals surface area contributed by atoms with Gasteiger partial charge >= 0.3 is 6.03 Å². The number of amides is 2. The maximum Gasteiger partial charge on any atom is 0.315 e. The van der Waals surface area contributed by atoms with Gasteiger partial charge in [-0.3, -0.25) is 0 Å². The Kier molecular flexibility index (Phi) is 5.07. The molecular weight excluding hydrogens is 218 g/mol. The molecule has 3 N–H and O–H groups in total. The molecule has 17 heavy (non-hydrogen) atoms. The molecule has 2 rings (SSSR count). The van der Waals surface area contributed by atoms with Crippen LogP contribution < -0.4 is 16.0 Å². The quantitative estimate of drug-likeness (QED) is 0.678. The Labute approximate surface area is 103 Å². The van der Waals surface area contributed by atoms with E-state index in [9.17, 15) is 4.79 Å². The molecule has 5 nitrogen and oxygen atoms in total. The lowest BCUT2D eigenvalue weighted by molar-refractivity contribution is 0.0184. The van der Waals surface area contributed by atoms with Gasteiger partial charge in [-0.1, -0.05) is 0 Å². The Morgan fingerprint density at radius 3 is 2.76 bits per heavy atom. The molecule has 0 radical (unpaired) electrons. The van der Waals surface area contributed by atoms with Crippen molar-refractivity contribution in [2.24, 2.45) is 0 Å². The summed E-state index contributed by atoms with van der Waals surface area (Å²) in [4.78, 5) is 11.7.